The van der Waals surface area contributed by atoms with Crippen LogP contribution in [0.25, 0.3) is 22.5 Å². The maximum absolute atomic E-state index is 12.6. The van der Waals surface area contributed by atoms with Gasteiger partial charge in [0.1, 0.15) is 11.5 Å². The molecule has 8 heteroatoms. The first kappa shape index (κ1) is 25.0. The molecule has 0 radical (unpaired) electrons. The van der Waals surface area contributed by atoms with Crippen molar-refractivity contribution in [2.24, 2.45) is 0 Å². The fourth-order valence-electron chi connectivity index (χ4n) is 5.44. The Kier molecular flexibility index (Phi) is 6.66. The molecule has 8 nitrogen and oxygen atoms in total. The average molecular weight is 544 g/mol. The second-order valence-corrected chi connectivity index (χ2v) is 10.2. The molecule has 0 bridgehead atoms. The molecule has 2 aromatic carbocycles. The van der Waals surface area contributed by atoms with Crippen molar-refractivity contribution >= 4 is 11.4 Å². The van der Waals surface area contributed by atoms with Gasteiger partial charge in [-0.15, -0.1) is 0 Å². The topological polar surface area (TPSA) is 92.4 Å². The number of H-pyrrole nitrogens is 1. The summed E-state index contributed by atoms with van der Waals surface area (Å²) in [5.74, 6) is 1.60. The molecule has 0 amide bonds. The lowest BCUT2D eigenvalue weighted by Gasteiger charge is -2.29. The zero-order valence-corrected chi connectivity index (χ0v) is 22.5. The molecule has 7 rings (SSSR count). The predicted molar refractivity (Wildman–Crippen MR) is 160 cm³/mol. The fraction of sp³-hybridized carbons (Fsp3) is 0.182. The van der Waals surface area contributed by atoms with Crippen LogP contribution in [0.5, 0.6) is 11.5 Å². The normalized spacial score (nSPS) is 14.1. The summed E-state index contributed by atoms with van der Waals surface area (Å²) in [6, 6.07) is 25.9. The fourth-order valence-corrected chi connectivity index (χ4v) is 5.44. The van der Waals surface area contributed by atoms with E-state index in [1.54, 1.807) is 12.3 Å². The van der Waals surface area contributed by atoms with E-state index in [1.807, 2.05) is 60.8 Å². The van der Waals surface area contributed by atoms with Crippen molar-refractivity contribution in [1.29, 1.82) is 0 Å². The predicted octanol–water partition coefficient (Wildman–Crippen LogP) is 5.64. The Bertz CT molecular complexity index is 1760. The summed E-state index contributed by atoms with van der Waals surface area (Å²) < 4.78 is 12.0. The van der Waals surface area contributed by atoms with Gasteiger partial charge >= 0.3 is 0 Å². The van der Waals surface area contributed by atoms with Gasteiger partial charge < -0.3 is 24.7 Å². The highest BCUT2D eigenvalue weighted by molar-refractivity contribution is 5.74. The molecule has 3 aromatic heterocycles. The van der Waals surface area contributed by atoms with E-state index in [4.69, 9.17) is 9.47 Å². The van der Waals surface area contributed by atoms with E-state index in [0.717, 1.165) is 81.7 Å². The minimum atomic E-state index is -0.131. The van der Waals surface area contributed by atoms with Crippen LogP contribution in [0.2, 0.25) is 0 Å². The summed E-state index contributed by atoms with van der Waals surface area (Å²) in [6.45, 7) is 3.44. The number of anilines is 2. The van der Waals surface area contributed by atoms with Gasteiger partial charge in [-0.3, -0.25) is 14.8 Å². The van der Waals surface area contributed by atoms with Gasteiger partial charge in [-0.25, -0.2) is 0 Å². The maximum atomic E-state index is 12.6. The Morgan fingerprint density at radius 1 is 0.878 bits per heavy atom. The first-order chi connectivity index (χ1) is 20.2. The molecule has 2 N–H and O–H groups in total. The van der Waals surface area contributed by atoms with Crippen LogP contribution in [0.15, 0.2) is 96.1 Å². The molecule has 1 fully saturated rings. The molecule has 204 valence electrons. The Balaban J connectivity index is 1.11. The lowest BCUT2D eigenvalue weighted by molar-refractivity contribution is 0.122. The number of nitrogens with zero attached hydrogens (tertiary/aromatic N) is 3. The smallest absolute Gasteiger partial charge is 0.250 e. The van der Waals surface area contributed by atoms with E-state index in [0.29, 0.717) is 19.8 Å². The lowest BCUT2D eigenvalue weighted by Crippen LogP contribution is -2.36. The van der Waals surface area contributed by atoms with Crippen LogP contribution in [0.3, 0.4) is 0 Å². The number of benzene rings is 2. The summed E-state index contributed by atoms with van der Waals surface area (Å²) in [7, 11) is 0. The number of aromatic nitrogens is 3. The monoisotopic (exact) mass is 543 g/mol. The van der Waals surface area contributed by atoms with Crippen molar-refractivity contribution in [2.45, 2.75) is 13.0 Å². The van der Waals surface area contributed by atoms with Gasteiger partial charge in [0.2, 0.25) is 5.56 Å². The highest BCUT2D eigenvalue weighted by Crippen LogP contribution is 2.43. The van der Waals surface area contributed by atoms with E-state index in [2.05, 4.69) is 43.4 Å². The van der Waals surface area contributed by atoms with Crippen molar-refractivity contribution in [1.82, 2.24) is 15.0 Å². The standard InChI is InChI=1S/C33H29N5O3/c39-32-20-27(38-12-14-40-15-13-38)19-30(37-32)28-5-3-4-23-16-24-18-25(7-8-31(24)41-33(23)28)36-21-26-17-22(9-11-34-26)29-6-1-2-10-35-29/h1-11,17-20,36H,12-16,21H2,(H,37,39). The largest absolute Gasteiger partial charge is 0.456 e. The molecule has 41 heavy (non-hydrogen) atoms. The number of hydrogen-bond donors (Lipinski definition) is 2. The van der Waals surface area contributed by atoms with E-state index in [-0.39, 0.29) is 5.56 Å². The van der Waals surface area contributed by atoms with Gasteiger partial charge in [-0.2, -0.15) is 0 Å². The molecule has 0 atom stereocenters. The number of morpholine rings is 1. The third kappa shape index (κ3) is 5.29. The number of fused-ring (bicyclic) bond motifs is 2. The number of pyridine rings is 3. The van der Waals surface area contributed by atoms with Crippen LogP contribution in [-0.4, -0.2) is 41.3 Å². The number of rotatable bonds is 6. The summed E-state index contributed by atoms with van der Waals surface area (Å²) in [6.07, 6.45) is 4.35. The van der Waals surface area contributed by atoms with E-state index in [1.165, 1.54) is 0 Å². The molecule has 0 unspecified atom stereocenters. The first-order valence-electron chi connectivity index (χ1n) is 13.8. The van der Waals surface area contributed by atoms with Crippen LogP contribution < -0.4 is 20.5 Å². The van der Waals surface area contributed by atoms with Crippen LogP contribution in [-0.2, 0) is 17.7 Å². The summed E-state index contributed by atoms with van der Waals surface area (Å²) in [5, 5.41) is 3.50. The van der Waals surface area contributed by atoms with Crippen molar-refractivity contribution in [2.75, 3.05) is 36.5 Å². The highest BCUT2D eigenvalue weighted by atomic mass is 16.5. The molecule has 0 saturated carbocycles. The Morgan fingerprint density at radius 2 is 1.80 bits per heavy atom. The van der Waals surface area contributed by atoms with Crippen LogP contribution in [0, 0.1) is 0 Å². The van der Waals surface area contributed by atoms with Crippen molar-refractivity contribution in [3.8, 4) is 34.0 Å². The molecule has 2 aliphatic heterocycles. The minimum Gasteiger partial charge on any atom is -0.456 e. The van der Waals surface area contributed by atoms with Crippen LogP contribution >= 0.6 is 0 Å². The van der Waals surface area contributed by atoms with Gasteiger partial charge in [-0.1, -0.05) is 18.2 Å². The molecule has 5 aromatic rings. The number of ether oxygens (including phenoxy) is 2. The van der Waals surface area contributed by atoms with Crippen molar-refractivity contribution in [3.05, 3.63) is 118 Å². The molecular weight excluding hydrogens is 514 g/mol. The second-order valence-electron chi connectivity index (χ2n) is 10.2. The first-order valence-corrected chi connectivity index (χ1v) is 13.8. The van der Waals surface area contributed by atoms with Gasteiger partial charge in [0, 0.05) is 66.0 Å². The molecule has 2 aliphatic rings. The third-order valence-electron chi connectivity index (χ3n) is 7.50. The van der Waals surface area contributed by atoms with Gasteiger partial charge in [-0.05, 0) is 60.2 Å². The molecule has 0 spiro atoms. The minimum absolute atomic E-state index is 0.131. The quantitative estimate of drug-likeness (QED) is 0.281. The van der Waals surface area contributed by atoms with Gasteiger partial charge in [0.15, 0.2) is 0 Å². The average Bonchev–Trinajstić information content (AvgIpc) is 3.03. The lowest BCUT2D eigenvalue weighted by atomic mass is 9.96. The SMILES string of the molecule is O=c1cc(N2CCOCC2)cc(-c2cccc3c2Oc2ccc(NCc4cc(-c5ccccn5)ccn4)cc2C3)[nH]1. The summed E-state index contributed by atoms with van der Waals surface area (Å²) >= 11 is 0. The molecule has 5 heterocycles. The zero-order chi connectivity index (χ0) is 27.6. The summed E-state index contributed by atoms with van der Waals surface area (Å²) in [5.41, 5.74) is 8.48. The number of hydrogen-bond acceptors (Lipinski definition) is 7. The highest BCUT2D eigenvalue weighted by Gasteiger charge is 2.22. The second kappa shape index (κ2) is 10.9. The molecule has 1 saturated heterocycles. The van der Waals surface area contributed by atoms with Gasteiger partial charge in [0.25, 0.3) is 0 Å². The maximum Gasteiger partial charge on any atom is 0.250 e. The van der Waals surface area contributed by atoms with Crippen molar-refractivity contribution < 1.29 is 9.47 Å². The van der Waals surface area contributed by atoms with E-state index in [9.17, 15) is 4.79 Å². The van der Waals surface area contributed by atoms with E-state index < -0.39 is 0 Å². The molecule has 0 aliphatic carbocycles. The van der Waals surface area contributed by atoms with Crippen molar-refractivity contribution in [3.63, 3.8) is 0 Å². The Labute approximate surface area is 237 Å². The van der Waals surface area contributed by atoms with Crippen LogP contribution in [0.1, 0.15) is 16.8 Å². The van der Waals surface area contributed by atoms with Gasteiger partial charge in [0.05, 0.1) is 36.8 Å². The summed E-state index contributed by atoms with van der Waals surface area (Å²) in [4.78, 5) is 26.8. The Hall–Kier alpha value is -4.95. The molecular formula is C33H29N5O3. The van der Waals surface area contributed by atoms with E-state index >= 15 is 0 Å². The zero-order valence-electron chi connectivity index (χ0n) is 22.5. The third-order valence-corrected chi connectivity index (χ3v) is 7.50. The Morgan fingerprint density at radius 3 is 2.68 bits per heavy atom. The number of nitrogens with one attached hydrogen (secondary N) is 2. The number of para-hydroxylation sites is 1. The van der Waals surface area contributed by atoms with Crippen LogP contribution in [0.4, 0.5) is 11.4 Å². The number of aromatic amines is 1.